The SMILES string of the molecule is CCOC(=O)Nn1ccc2c(cnc3c(-c4ccccc4)cnn32)c1=O. The van der Waals surface area contributed by atoms with E-state index in [0.29, 0.717) is 16.6 Å². The molecule has 0 unspecified atom stereocenters. The molecule has 0 aliphatic rings. The molecule has 8 nitrogen and oxygen atoms in total. The van der Waals surface area contributed by atoms with Crippen LogP contribution in [0, 0.1) is 0 Å². The minimum atomic E-state index is -0.701. The van der Waals surface area contributed by atoms with Gasteiger partial charge in [0.2, 0.25) is 0 Å². The van der Waals surface area contributed by atoms with Gasteiger partial charge in [-0.3, -0.25) is 4.79 Å². The van der Waals surface area contributed by atoms with Gasteiger partial charge in [-0.2, -0.15) is 5.10 Å². The first-order valence-electron chi connectivity index (χ1n) is 8.06. The van der Waals surface area contributed by atoms with Crippen LogP contribution in [-0.4, -0.2) is 32.0 Å². The summed E-state index contributed by atoms with van der Waals surface area (Å²) in [6.07, 6.45) is 3.97. The third-order valence-corrected chi connectivity index (χ3v) is 3.97. The van der Waals surface area contributed by atoms with Crippen LogP contribution in [-0.2, 0) is 4.74 Å². The summed E-state index contributed by atoms with van der Waals surface area (Å²) >= 11 is 0. The van der Waals surface area contributed by atoms with Crippen LogP contribution >= 0.6 is 0 Å². The van der Waals surface area contributed by atoms with Gasteiger partial charge in [-0.15, -0.1) is 0 Å². The lowest BCUT2D eigenvalue weighted by atomic mass is 10.1. The van der Waals surface area contributed by atoms with E-state index in [4.69, 9.17) is 4.74 Å². The highest BCUT2D eigenvalue weighted by Crippen LogP contribution is 2.24. The Bertz CT molecular complexity index is 1160. The lowest BCUT2D eigenvalue weighted by Gasteiger charge is -2.09. The van der Waals surface area contributed by atoms with Crippen molar-refractivity contribution in [1.29, 1.82) is 0 Å². The number of rotatable bonds is 3. The standard InChI is InChI=1S/C18H15N5O3/c1-2-26-18(25)21-22-9-8-15-14(17(22)24)10-19-16-13(11-20-23(15)16)12-6-4-3-5-7-12/h3-11H,2H2,1H3,(H,21,25). The largest absolute Gasteiger partial charge is 0.449 e. The lowest BCUT2D eigenvalue weighted by Crippen LogP contribution is -2.33. The number of pyridine rings is 1. The number of benzene rings is 1. The molecule has 3 heterocycles. The molecule has 26 heavy (non-hydrogen) atoms. The van der Waals surface area contributed by atoms with E-state index in [2.05, 4.69) is 15.5 Å². The Morgan fingerprint density at radius 3 is 2.77 bits per heavy atom. The number of nitrogens with zero attached hydrogens (tertiary/aromatic N) is 4. The van der Waals surface area contributed by atoms with E-state index < -0.39 is 11.7 Å². The quantitative estimate of drug-likeness (QED) is 0.613. The molecule has 0 radical (unpaired) electrons. The van der Waals surface area contributed by atoms with E-state index in [9.17, 15) is 9.59 Å². The molecule has 0 aliphatic heterocycles. The molecule has 1 aromatic carbocycles. The van der Waals surface area contributed by atoms with Crippen LogP contribution in [0.1, 0.15) is 6.92 Å². The first kappa shape index (κ1) is 15.8. The maximum absolute atomic E-state index is 12.6. The molecule has 1 amide bonds. The third kappa shape index (κ3) is 2.57. The van der Waals surface area contributed by atoms with Gasteiger partial charge in [-0.05, 0) is 18.6 Å². The van der Waals surface area contributed by atoms with Gasteiger partial charge in [0.25, 0.3) is 5.56 Å². The average Bonchev–Trinajstić information content (AvgIpc) is 3.09. The molecular weight excluding hydrogens is 334 g/mol. The molecule has 0 spiro atoms. The van der Waals surface area contributed by atoms with Crippen molar-refractivity contribution >= 4 is 22.6 Å². The monoisotopic (exact) mass is 349 g/mol. The molecule has 0 saturated heterocycles. The Balaban J connectivity index is 1.85. The van der Waals surface area contributed by atoms with Crippen molar-refractivity contribution in [3.05, 3.63) is 65.3 Å². The Morgan fingerprint density at radius 2 is 2.00 bits per heavy atom. The average molecular weight is 349 g/mol. The Kier molecular flexibility index (Phi) is 3.85. The van der Waals surface area contributed by atoms with Gasteiger partial charge < -0.3 is 4.74 Å². The van der Waals surface area contributed by atoms with Gasteiger partial charge in [-0.1, -0.05) is 30.3 Å². The second kappa shape index (κ2) is 6.32. The molecule has 0 bridgehead atoms. The topological polar surface area (TPSA) is 90.5 Å². The van der Waals surface area contributed by atoms with E-state index in [1.165, 1.54) is 12.4 Å². The van der Waals surface area contributed by atoms with E-state index in [1.54, 1.807) is 23.7 Å². The molecule has 8 heteroatoms. The summed E-state index contributed by atoms with van der Waals surface area (Å²) in [6, 6.07) is 11.5. The maximum Gasteiger partial charge on any atom is 0.426 e. The zero-order valence-corrected chi connectivity index (χ0v) is 13.9. The second-order valence-corrected chi connectivity index (χ2v) is 5.54. The molecule has 0 atom stereocenters. The molecule has 0 aliphatic carbocycles. The number of carbonyl (C=O) groups excluding carboxylic acids is 1. The fraction of sp³-hybridized carbons (Fsp3) is 0.111. The number of nitrogens with one attached hydrogen (secondary N) is 1. The summed E-state index contributed by atoms with van der Waals surface area (Å²) in [5, 5.41) is 4.71. The molecule has 4 rings (SSSR count). The number of ether oxygens (including phenoxy) is 1. The Labute approximate surface area is 147 Å². The van der Waals surface area contributed by atoms with Gasteiger partial charge >= 0.3 is 6.09 Å². The molecular formula is C18H15N5O3. The van der Waals surface area contributed by atoms with Crippen LogP contribution in [0.4, 0.5) is 4.79 Å². The smallest absolute Gasteiger partial charge is 0.426 e. The number of fused-ring (bicyclic) bond motifs is 3. The predicted octanol–water partition coefficient (Wildman–Crippen LogP) is 2.41. The predicted molar refractivity (Wildman–Crippen MR) is 96.6 cm³/mol. The molecule has 0 saturated carbocycles. The fourth-order valence-corrected chi connectivity index (χ4v) is 2.79. The third-order valence-electron chi connectivity index (χ3n) is 3.97. The van der Waals surface area contributed by atoms with Crippen LogP contribution in [0.25, 0.3) is 27.7 Å². The van der Waals surface area contributed by atoms with Gasteiger partial charge in [0.05, 0.1) is 23.7 Å². The molecule has 1 N–H and O–H groups in total. The van der Waals surface area contributed by atoms with Crippen LogP contribution in [0.15, 0.2) is 59.8 Å². The van der Waals surface area contributed by atoms with Crippen molar-refractivity contribution in [2.75, 3.05) is 12.0 Å². The van der Waals surface area contributed by atoms with Gasteiger partial charge in [0.1, 0.15) is 0 Å². The highest BCUT2D eigenvalue weighted by Gasteiger charge is 2.13. The minimum absolute atomic E-state index is 0.214. The summed E-state index contributed by atoms with van der Waals surface area (Å²) < 4.78 is 7.48. The van der Waals surface area contributed by atoms with Crippen LogP contribution in [0.2, 0.25) is 0 Å². The summed E-state index contributed by atoms with van der Waals surface area (Å²) in [5.41, 5.74) is 5.07. The number of hydrogen-bond acceptors (Lipinski definition) is 5. The van der Waals surface area contributed by atoms with Gasteiger partial charge in [0, 0.05) is 18.0 Å². The van der Waals surface area contributed by atoms with Gasteiger partial charge in [0.15, 0.2) is 5.65 Å². The molecule has 3 aromatic heterocycles. The fourth-order valence-electron chi connectivity index (χ4n) is 2.79. The van der Waals surface area contributed by atoms with Crippen LogP contribution in [0.3, 0.4) is 0 Å². The number of amides is 1. The van der Waals surface area contributed by atoms with Crippen molar-refractivity contribution in [3.63, 3.8) is 0 Å². The van der Waals surface area contributed by atoms with Crippen LogP contribution < -0.4 is 11.0 Å². The highest BCUT2D eigenvalue weighted by molar-refractivity contribution is 5.85. The zero-order chi connectivity index (χ0) is 18.1. The number of carbonyl (C=O) groups is 1. The summed E-state index contributed by atoms with van der Waals surface area (Å²) in [4.78, 5) is 28.6. The zero-order valence-electron chi connectivity index (χ0n) is 13.9. The van der Waals surface area contributed by atoms with Crippen molar-refractivity contribution in [1.82, 2.24) is 19.3 Å². The molecule has 0 fully saturated rings. The van der Waals surface area contributed by atoms with E-state index in [-0.39, 0.29) is 6.61 Å². The van der Waals surface area contributed by atoms with Gasteiger partial charge in [-0.25, -0.2) is 24.4 Å². The molecule has 4 aromatic rings. The maximum atomic E-state index is 12.6. The number of hydrogen-bond donors (Lipinski definition) is 1. The van der Waals surface area contributed by atoms with Crippen molar-refractivity contribution in [2.45, 2.75) is 6.92 Å². The minimum Gasteiger partial charge on any atom is -0.449 e. The van der Waals surface area contributed by atoms with Crippen molar-refractivity contribution in [3.8, 4) is 11.1 Å². The van der Waals surface area contributed by atoms with Crippen molar-refractivity contribution in [2.24, 2.45) is 0 Å². The first-order valence-corrected chi connectivity index (χ1v) is 8.06. The van der Waals surface area contributed by atoms with Crippen LogP contribution in [0.5, 0.6) is 0 Å². The summed E-state index contributed by atoms with van der Waals surface area (Å²) in [7, 11) is 0. The second-order valence-electron chi connectivity index (χ2n) is 5.54. The Morgan fingerprint density at radius 1 is 1.19 bits per heavy atom. The summed E-state index contributed by atoms with van der Waals surface area (Å²) in [6.45, 7) is 1.90. The summed E-state index contributed by atoms with van der Waals surface area (Å²) in [5.74, 6) is 0. The van der Waals surface area contributed by atoms with E-state index in [1.807, 2.05) is 30.3 Å². The normalized spacial score (nSPS) is 11.0. The lowest BCUT2D eigenvalue weighted by molar-refractivity contribution is 0.164. The van der Waals surface area contributed by atoms with E-state index >= 15 is 0 Å². The van der Waals surface area contributed by atoms with Crippen molar-refractivity contribution < 1.29 is 9.53 Å². The Hall–Kier alpha value is -3.68. The first-order chi connectivity index (χ1) is 12.7. The van der Waals surface area contributed by atoms with E-state index in [0.717, 1.165) is 15.8 Å². The number of aromatic nitrogens is 4. The molecule has 130 valence electrons. The highest BCUT2D eigenvalue weighted by atomic mass is 16.6.